The van der Waals surface area contributed by atoms with E-state index in [0.717, 1.165) is 0 Å². The smallest absolute Gasteiger partial charge is 0.338 e. The van der Waals surface area contributed by atoms with E-state index >= 15 is 0 Å². The summed E-state index contributed by atoms with van der Waals surface area (Å²) < 4.78 is 10.1. The summed E-state index contributed by atoms with van der Waals surface area (Å²) in [6.07, 6.45) is -0.689. The first-order chi connectivity index (χ1) is 8.02. The fourth-order valence-electron chi connectivity index (χ4n) is 1.27. The van der Waals surface area contributed by atoms with Crippen LogP contribution >= 0.6 is 0 Å². The number of carbonyl (C=O) groups is 1. The van der Waals surface area contributed by atoms with Crippen molar-refractivity contribution in [2.24, 2.45) is 0 Å². The lowest BCUT2D eigenvalue weighted by atomic mass is 10.2. The molecule has 0 bridgehead atoms. The molecule has 0 aromatic heterocycles. The fourth-order valence-corrected chi connectivity index (χ4v) is 1.27. The number of nitrogen functional groups attached to an aromatic ring is 1. The highest BCUT2D eigenvalue weighted by atomic mass is 16.5. The molecular formula is C12H17NO4. The summed E-state index contributed by atoms with van der Waals surface area (Å²) in [5, 5.41) is 9.01. The van der Waals surface area contributed by atoms with Crippen molar-refractivity contribution in [3.63, 3.8) is 0 Å². The molecule has 94 valence electrons. The minimum absolute atomic E-state index is 0.0440. The highest BCUT2D eigenvalue weighted by Crippen LogP contribution is 2.19. The van der Waals surface area contributed by atoms with Crippen LogP contribution < -0.4 is 10.5 Å². The van der Waals surface area contributed by atoms with Crippen molar-refractivity contribution in [3.8, 4) is 5.75 Å². The minimum Gasteiger partial charge on any atom is -0.494 e. The third kappa shape index (κ3) is 4.32. The van der Waals surface area contributed by atoms with Crippen LogP contribution in [0.25, 0.3) is 0 Å². The van der Waals surface area contributed by atoms with Crippen LogP contribution in [0.4, 0.5) is 5.69 Å². The molecule has 0 aliphatic rings. The topological polar surface area (TPSA) is 81.8 Å². The van der Waals surface area contributed by atoms with Gasteiger partial charge in [-0.1, -0.05) is 0 Å². The van der Waals surface area contributed by atoms with Crippen molar-refractivity contribution < 1.29 is 19.4 Å². The van der Waals surface area contributed by atoms with Gasteiger partial charge >= 0.3 is 5.97 Å². The number of carbonyl (C=O) groups excluding carboxylic acids is 1. The van der Waals surface area contributed by atoms with E-state index in [0.29, 0.717) is 23.6 Å². The Balaban J connectivity index is 2.78. The van der Waals surface area contributed by atoms with Crippen molar-refractivity contribution in [2.75, 3.05) is 18.9 Å². The first-order valence-corrected chi connectivity index (χ1v) is 5.41. The highest BCUT2D eigenvalue weighted by Gasteiger charge is 2.11. The molecule has 0 fully saturated rings. The lowest BCUT2D eigenvalue weighted by Gasteiger charge is -2.09. The number of ether oxygens (including phenoxy) is 2. The van der Waals surface area contributed by atoms with Crippen molar-refractivity contribution in [2.45, 2.75) is 20.0 Å². The van der Waals surface area contributed by atoms with Crippen molar-refractivity contribution >= 4 is 11.7 Å². The van der Waals surface area contributed by atoms with Gasteiger partial charge in [-0.2, -0.15) is 0 Å². The summed E-state index contributed by atoms with van der Waals surface area (Å²) >= 11 is 0. The van der Waals surface area contributed by atoms with Crippen LogP contribution in [0.15, 0.2) is 18.2 Å². The standard InChI is InChI=1S/C12H17NO4/c1-3-16-11-5-9(4-10(13)6-11)12(15)17-7-8(2)14/h4-6,8,14H,3,7,13H2,1-2H3. The lowest BCUT2D eigenvalue weighted by molar-refractivity contribution is 0.0296. The maximum absolute atomic E-state index is 11.6. The Morgan fingerprint density at radius 1 is 1.47 bits per heavy atom. The molecule has 0 amide bonds. The zero-order chi connectivity index (χ0) is 12.8. The van der Waals surface area contributed by atoms with Crippen LogP contribution in [0, 0.1) is 0 Å². The van der Waals surface area contributed by atoms with Crippen LogP contribution in [-0.2, 0) is 4.74 Å². The van der Waals surface area contributed by atoms with Crippen molar-refractivity contribution in [3.05, 3.63) is 23.8 Å². The maximum Gasteiger partial charge on any atom is 0.338 e. The van der Waals surface area contributed by atoms with Gasteiger partial charge in [-0.05, 0) is 26.0 Å². The summed E-state index contributed by atoms with van der Waals surface area (Å²) in [6, 6.07) is 4.70. The van der Waals surface area contributed by atoms with Gasteiger partial charge in [-0.15, -0.1) is 0 Å². The fraction of sp³-hybridized carbons (Fsp3) is 0.417. The zero-order valence-corrected chi connectivity index (χ0v) is 9.97. The number of anilines is 1. The number of benzene rings is 1. The predicted octanol–water partition coefficient (Wildman–Crippen LogP) is 1.21. The Labute approximate surface area is 100 Å². The molecule has 0 aliphatic heterocycles. The normalized spacial score (nSPS) is 11.9. The van der Waals surface area contributed by atoms with Gasteiger partial charge in [0, 0.05) is 11.8 Å². The molecule has 5 nitrogen and oxygen atoms in total. The molecule has 1 aromatic rings. The van der Waals surface area contributed by atoms with E-state index in [4.69, 9.17) is 20.3 Å². The monoisotopic (exact) mass is 239 g/mol. The van der Waals surface area contributed by atoms with E-state index in [9.17, 15) is 4.79 Å². The van der Waals surface area contributed by atoms with E-state index in [2.05, 4.69) is 0 Å². The predicted molar refractivity (Wildman–Crippen MR) is 64.0 cm³/mol. The molecule has 1 rings (SSSR count). The molecular weight excluding hydrogens is 222 g/mol. The quantitative estimate of drug-likeness (QED) is 0.596. The van der Waals surface area contributed by atoms with Crippen LogP contribution in [-0.4, -0.2) is 30.4 Å². The molecule has 0 heterocycles. The number of nitrogens with two attached hydrogens (primary N) is 1. The Morgan fingerprint density at radius 3 is 2.76 bits per heavy atom. The Kier molecular flexibility index (Phi) is 4.78. The average Bonchev–Trinajstić information content (AvgIpc) is 2.25. The van der Waals surface area contributed by atoms with Crippen molar-refractivity contribution in [1.82, 2.24) is 0 Å². The SMILES string of the molecule is CCOc1cc(N)cc(C(=O)OCC(C)O)c1. The second-order valence-corrected chi connectivity index (χ2v) is 3.67. The third-order valence-electron chi connectivity index (χ3n) is 1.93. The molecule has 17 heavy (non-hydrogen) atoms. The lowest BCUT2D eigenvalue weighted by Crippen LogP contribution is -2.15. The second kappa shape index (κ2) is 6.10. The van der Waals surface area contributed by atoms with E-state index in [1.54, 1.807) is 12.1 Å². The zero-order valence-electron chi connectivity index (χ0n) is 9.97. The second-order valence-electron chi connectivity index (χ2n) is 3.67. The molecule has 1 atom stereocenters. The van der Waals surface area contributed by atoms with E-state index < -0.39 is 12.1 Å². The number of aliphatic hydroxyl groups excluding tert-OH is 1. The minimum atomic E-state index is -0.689. The summed E-state index contributed by atoms with van der Waals surface area (Å²) in [4.78, 5) is 11.6. The van der Waals surface area contributed by atoms with Gasteiger partial charge in [0.05, 0.1) is 18.3 Å². The molecule has 5 heteroatoms. The first kappa shape index (κ1) is 13.3. The Morgan fingerprint density at radius 2 is 2.18 bits per heavy atom. The highest BCUT2D eigenvalue weighted by molar-refractivity contribution is 5.91. The van der Waals surface area contributed by atoms with Gasteiger partial charge in [-0.25, -0.2) is 4.79 Å². The average molecular weight is 239 g/mol. The number of esters is 1. The van der Waals surface area contributed by atoms with Gasteiger partial charge < -0.3 is 20.3 Å². The van der Waals surface area contributed by atoms with E-state index in [1.165, 1.54) is 13.0 Å². The summed E-state index contributed by atoms with van der Waals surface area (Å²) in [5.41, 5.74) is 6.39. The summed E-state index contributed by atoms with van der Waals surface area (Å²) in [7, 11) is 0. The van der Waals surface area contributed by atoms with Crippen LogP contribution in [0.5, 0.6) is 5.75 Å². The van der Waals surface area contributed by atoms with E-state index in [1.807, 2.05) is 6.92 Å². The van der Waals surface area contributed by atoms with Crippen LogP contribution in [0.3, 0.4) is 0 Å². The summed E-state index contributed by atoms with van der Waals surface area (Å²) in [5.74, 6) is -0.00403. The number of hydrogen-bond donors (Lipinski definition) is 2. The number of aliphatic hydroxyl groups is 1. The van der Waals surface area contributed by atoms with Gasteiger partial charge in [-0.3, -0.25) is 0 Å². The Hall–Kier alpha value is -1.75. The first-order valence-electron chi connectivity index (χ1n) is 5.41. The molecule has 0 aliphatic carbocycles. The molecule has 0 saturated carbocycles. The van der Waals surface area contributed by atoms with Gasteiger partial charge in [0.1, 0.15) is 12.4 Å². The van der Waals surface area contributed by atoms with Gasteiger partial charge in [0.2, 0.25) is 0 Å². The van der Waals surface area contributed by atoms with Crippen molar-refractivity contribution in [1.29, 1.82) is 0 Å². The number of rotatable bonds is 5. The summed E-state index contributed by atoms with van der Waals surface area (Å²) in [6.45, 7) is 3.83. The van der Waals surface area contributed by atoms with Crippen LogP contribution in [0.1, 0.15) is 24.2 Å². The molecule has 1 aromatic carbocycles. The largest absolute Gasteiger partial charge is 0.494 e. The third-order valence-corrected chi connectivity index (χ3v) is 1.93. The van der Waals surface area contributed by atoms with Gasteiger partial charge in [0.25, 0.3) is 0 Å². The molecule has 0 spiro atoms. The molecule has 3 N–H and O–H groups in total. The van der Waals surface area contributed by atoms with E-state index in [-0.39, 0.29) is 6.61 Å². The number of hydrogen-bond acceptors (Lipinski definition) is 5. The van der Waals surface area contributed by atoms with Crippen LogP contribution in [0.2, 0.25) is 0 Å². The van der Waals surface area contributed by atoms with Gasteiger partial charge in [0.15, 0.2) is 0 Å². The molecule has 1 unspecified atom stereocenters. The molecule has 0 saturated heterocycles. The Bertz CT molecular complexity index is 390. The maximum atomic E-state index is 11.6. The molecule has 0 radical (unpaired) electrons.